The smallest absolute Gasteiger partial charge is 0.310 e. The van der Waals surface area contributed by atoms with E-state index in [4.69, 9.17) is 9.47 Å². The van der Waals surface area contributed by atoms with E-state index in [0.717, 1.165) is 10.2 Å². The fourth-order valence-corrected chi connectivity index (χ4v) is 3.02. The third-order valence-corrected chi connectivity index (χ3v) is 4.20. The number of benzene rings is 2. The Balaban J connectivity index is 1.66. The van der Waals surface area contributed by atoms with Crippen LogP contribution in [0.1, 0.15) is 0 Å². The molecule has 25 heavy (non-hydrogen) atoms. The molecule has 0 unspecified atom stereocenters. The van der Waals surface area contributed by atoms with Crippen molar-refractivity contribution in [1.82, 2.24) is 4.98 Å². The van der Waals surface area contributed by atoms with E-state index in [1.54, 1.807) is 25.3 Å². The maximum Gasteiger partial charge on any atom is 0.310 e. The number of methoxy groups -OCH3 is 1. The van der Waals surface area contributed by atoms with Crippen LogP contribution in [-0.4, -0.2) is 29.5 Å². The lowest BCUT2D eigenvalue weighted by Crippen LogP contribution is -2.20. The van der Waals surface area contributed by atoms with Crippen molar-refractivity contribution in [3.63, 3.8) is 0 Å². The number of fused-ring (bicyclic) bond motifs is 1. The molecule has 1 amide bonds. The van der Waals surface area contributed by atoms with E-state index in [9.17, 15) is 14.9 Å². The predicted octanol–water partition coefficient (Wildman–Crippen LogP) is 3.23. The Morgan fingerprint density at radius 1 is 1.32 bits per heavy atom. The van der Waals surface area contributed by atoms with Crippen LogP contribution in [0.2, 0.25) is 0 Å². The quantitative estimate of drug-likeness (QED) is 0.535. The Morgan fingerprint density at radius 2 is 2.12 bits per heavy atom. The number of amides is 1. The summed E-state index contributed by atoms with van der Waals surface area (Å²) in [6.45, 7) is -0.357. The Labute approximate surface area is 146 Å². The summed E-state index contributed by atoms with van der Waals surface area (Å²) < 4.78 is 11.3. The number of carbonyl (C=O) groups excluding carboxylic acids is 1. The van der Waals surface area contributed by atoms with Crippen LogP contribution in [-0.2, 0) is 4.79 Å². The lowest BCUT2D eigenvalue weighted by Gasteiger charge is -2.05. The van der Waals surface area contributed by atoms with E-state index >= 15 is 0 Å². The molecule has 0 bridgehead atoms. The SMILES string of the molecule is COc1ccc2nc(NC(=O)COc3ccccc3[N+](=O)[O-])sc2c1. The molecule has 1 N–H and O–H groups in total. The molecule has 0 saturated carbocycles. The third kappa shape index (κ3) is 3.83. The van der Waals surface area contributed by atoms with Gasteiger partial charge in [-0.1, -0.05) is 23.5 Å². The molecule has 0 saturated heterocycles. The minimum absolute atomic E-state index is 0.0386. The van der Waals surface area contributed by atoms with Crippen molar-refractivity contribution in [2.24, 2.45) is 0 Å². The Kier molecular flexibility index (Phi) is 4.75. The lowest BCUT2D eigenvalue weighted by molar-refractivity contribution is -0.385. The van der Waals surface area contributed by atoms with E-state index in [0.29, 0.717) is 10.9 Å². The average molecular weight is 359 g/mol. The zero-order chi connectivity index (χ0) is 17.8. The topological polar surface area (TPSA) is 104 Å². The van der Waals surface area contributed by atoms with E-state index in [2.05, 4.69) is 10.3 Å². The van der Waals surface area contributed by atoms with Gasteiger partial charge in [0.15, 0.2) is 17.5 Å². The summed E-state index contributed by atoms with van der Waals surface area (Å²) in [4.78, 5) is 26.7. The van der Waals surface area contributed by atoms with Gasteiger partial charge in [-0.2, -0.15) is 0 Å². The Bertz CT molecular complexity index is 940. The van der Waals surface area contributed by atoms with Gasteiger partial charge in [-0.25, -0.2) is 4.98 Å². The van der Waals surface area contributed by atoms with Crippen molar-refractivity contribution in [1.29, 1.82) is 0 Å². The maximum absolute atomic E-state index is 12.0. The summed E-state index contributed by atoms with van der Waals surface area (Å²) >= 11 is 1.30. The van der Waals surface area contributed by atoms with Gasteiger partial charge in [0.05, 0.1) is 22.2 Å². The van der Waals surface area contributed by atoms with Gasteiger partial charge in [-0.15, -0.1) is 0 Å². The van der Waals surface area contributed by atoms with E-state index in [1.807, 2.05) is 6.07 Å². The minimum Gasteiger partial charge on any atom is -0.497 e. The first-order chi connectivity index (χ1) is 12.1. The second-order valence-electron chi connectivity index (χ2n) is 4.91. The monoisotopic (exact) mass is 359 g/mol. The summed E-state index contributed by atoms with van der Waals surface area (Å²) in [6.07, 6.45) is 0. The fraction of sp³-hybridized carbons (Fsp3) is 0.125. The van der Waals surface area contributed by atoms with Gasteiger partial charge in [0.1, 0.15) is 5.75 Å². The van der Waals surface area contributed by atoms with Crippen LogP contribution in [0.15, 0.2) is 42.5 Å². The number of rotatable bonds is 6. The zero-order valence-electron chi connectivity index (χ0n) is 13.1. The maximum atomic E-state index is 12.0. The number of nitrogens with one attached hydrogen (secondary N) is 1. The molecule has 1 heterocycles. The molecule has 3 rings (SSSR count). The molecule has 0 fully saturated rings. The molecule has 0 aliphatic heterocycles. The molecule has 1 aromatic heterocycles. The van der Waals surface area contributed by atoms with Gasteiger partial charge in [-0.3, -0.25) is 20.2 Å². The van der Waals surface area contributed by atoms with Crippen molar-refractivity contribution in [3.05, 3.63) is 52.6 Å². The number of hydrogen-bond acceptors (Lipinski definition) is 7. The number of ether oxygens (including phenoxy) is 2. The molecule has 0 aliphatic carbocycles. The molecule has 2 aromatic carbocycles. The average Bonchev–Trinajstić information content (AvgIpc) is 3.01. The van der Waals surface area contributed by atoms with Gasteiger partial charge in [0, 0.05) is 6.07 Å². The van der Waals surface area contributed by atoms with Crippen LogP contribution in [0.3, 0.4) is 0 Å². The summed E-state index contributed by atoms with van der Waals surface area (Å²) in [5.41, 5.74) is 0.545. The summed E-state index contributed by atoms with van der Waals surface area (Å²) in [6, 6.07) is 11.3. The van der Waals surface area contributed by atoms with Crippen LogP contribution < -0.4 is 14.8 Å². The Hall–Kier alpha value is -3.20. The van der Waals surface area contributed by atoms with Crippen molar-refractivity contribution in [2.45, 2.75) is 0 Å². The second-order valence-corrected chi connectivity index (χ2v) is 5.95. The Morgan fingerprint density at radius 3 is 2.88 bits per heavy atom. The molecule has 0 spiro atoms. The molecule has 128 valence electrons. The summed E-state index contributed by atoms with van der Waals surface area (Å²) in [7, 11) is 1.57. The highest BCUT2D eigenvalue weighted by atomic mass is 32.1. The number of hydrogen-bond donors (Lipinski definition) is 1. The van der Waals surface area contributed by atoms with Crippen molar-refractivity contribution in [2.75, 3.05) is 19.0 Å². The fourth-order valence-electron chi connectivity index (χ4n) is 2.11. The van der Waals surface area contributed by atoms with Gasteiger partial charge in [0.25, 0.3) is 5.91 Å². The first-order valence-electron chi connectivity index (χ1n) is 7.17. The lowest BCUT2D eigenvalue weighted by atomic mass is 10.3. The number of nitrogens with zero attached hydrogens (tertiary/aromatic N) is 2. The number of aromatic nitrogens is 1. The first kappa shape index (κ1) is 16.7. The predicted molar refractivity (Wildman–Crippen MR) is 93.4 cm³/mol. The van der Waals surface area contributed by atoms with Crippen LogP contribution in [0, 0.1) is 10.1 Å². The molecule has 0 atom stereocenters. The van der Waals surface area contributed by atoms with E-state index in [1.165, 1.54) is 29.5 Å². The van der Waals surface area contributed by atoms with Gasteiger partial charge < -0.3 is 9.47 Å². The molecule has 8 nitrogen and oxygen atoms in total. The van der Waals surface area contributed by atoms with E-state index in [-0.39, 0.29) is 18.0 Å². The second kappa shape index (κ2) is 7.14. The number of thiazole rings is 1. The standard InChI is InChI=1S/C16H13N3O5S/c1-23-10-6-7-11-14(8-10)25-16(17-11)18-15(20)9-24-13-5-3-2-4-12(13)19(21)22/h2-8H,9H2,1H3,(H,17,18,20). The van der Waals surface area contributed by atoms with Crippen molar-refractivity contribution in [3.8, 4) is 11.5 Å². The number of para-hydroxylation sites is 2. The van der Waals surface area contributed by atoms with Crippen LogP contribution in [0.4, 0.5) is 10.8 Å². The highest BCUT2D eigenvalue weighted by molar-refractivity contribution is 7.22. The minimum atomic E-state index is -0.561. The van der Waals surface area contributed by atoms with Crippen molar-refractivity contribution < 1.29 is 19.2 Å². The number of nitro groups is 1. The number of carbonyl (C=O) groups is 1. The zero-order valence-corrected chi connectivity index (χ0v) is 13.9. The molecule has 0 aliphatic rings. The van der Waals surface area contributed by atoms with Gasteiger partial charge in [-0.05, 0) is 24.3 Å². The highest BCUT2D eigenvalue weighted by Crippen LogP contribution is 2.29. The highest BCUT2D eigenvalue weighted by Gasteiger charge is 2.15. The normalized spacial score (nSPS) is 10.4. The van der Waals surface area contributed by atoms with Gasteiger partial charge >= 0.3 is 5.69 Å². The van der Waals surface area contributed by atoms with Gasteiger partial charge in [0.2, 0.25) is 0 Å². The summed E-state index contributed by atoms with van der Waals surface area (Å²) in [5.74, 6) is 0.287. The van der Waals surface area contributed by atoms with E-state index < -0.39 is 10.8 Å². The number of nitro benzene ring substituents is 1. The first-order valence-corrected chi connectivity index (χ1v) is 7.99. The largest absolute Gasteiger partial charge is 0.497 e. The molecular weight excluding hydrogens is 346 g/mol. The number of anilines is 1. The van der Waals surface area contributed by atoms with Crippen molar-refractivity contribution >= 4 is 38.3 Å². The molecular formula is C16H13N3O5S. The molecule has 3 aromatic rings. The summed E-state index contributed by atoms with van der Waals surface area (Å²) in [5, 5.41) is 14.0. The molecule has 0 radical (unpaired) electrons. The van der Waals surface area contributed by atoms with Crippen LogP contribution >= 0.6 is 11.3 Å². The molecule has 9 heteroatoms. The third-order valence-electron chi connectivity index (χ3n) is 3.26. The van der Waals surface area contributed by atoms with Crippen LogP contribution in [0.5, 0.6) is 11.5 Å². The van der Waals surface area contributed by atoms with Crippen LogP contribution in [0.25, 0.3) is 10.2 Å².